The fourth-order valence-corrected chi connectivity index (χ4v) is 4.20. The number of fused-ring (bicyclic) bond motifs is 2. The second kappa shape index (κ2) is 8.90. The number of benzene rings is 2. The number of aryl methyl sites for hydroxylation is 1. The first-order valence-corrected chi connectivity index (χ1v) is 10.9. The lowest BCUT2D eigenvalue weighted by Gasteiger charge is -2.13. The smallest absolute Gasteiger partial charge is 0.291 e. The van der Waals surface area contributed by atoms with Crippen LogP contribution in [0.1, 0.15) is 50.6 Å². The molecule has 0 radical (unpaired) electrons. The van der Waals surface area contributed by atoms with Gasteiger partial charge in [-0.05, 0) is 44.0 Å². The zero-order chi connectivity index (χ0) is 23.7. The van der Waals surface area contributed by atoms with Crippen LogP contribution in [0.15, 0.2) is 70.3 Å². The van der Waals surface area contributed by atoms with Crippen LogP contribution in [0.25, 0.3) is 10.9 Å². The Morgan fingerprint density at radius 3 is 2.71 bits per heavy atom. The van der Waals surface area contributed by atoms with Gasteiger partial charge >= 0.3 is 0 Å². The van der Waals surface area contributed by atoms with E-state index in [9.17, 15) is 14.0 Å². The number of hydrogen-bond donors (Lipinski definition) is 2. The topological polar surface area (TPSA) is 96.6 Å². The molecule has 0 saturated carbocycles. The summed E-state index contributed by atoms with van der Waals surface area (Å²) in [5.41, 5.74) is 5.56. The number of furan rings is 1. The van der Waals surface area contributed by atoms with Gasteiger partial charge in [0.1, 0.15) is 11.6 Å². The van der Waals surface area contributed by atoms with Crippen LogP contribution in [-0.2, 0) is 6.42 Å². The molecule has 4 aromatic rings. The van der Waals surface area contributed by atoms with Crippen molar-refractivity contribution in [2.75, 3.05) is 5.32 Å². The van der Waals surface area contributed by atoms with Crippen molar-refractivity contribution in [3.05, 3.63) is 94.8 Å². The van der Waals surface area contributed by atoms with Crippen molar-refractivity contribution in [3.8, 4) is 0 Å². The highest BCUT2D eigenvalue weighted by atomic mass is 19.1. The van der Waals surface area contributed by atoms with E-state index in [0.29, 0.717) is 46.6 Å². The van der Waals surface area contributed by atoms with Crippen LogP contribution >= 0.6 is 0 Å². The molecule has 8 heteroatoms. The third kappa shape index (κ3) is 3.94. The van der Waals surface area contributed by atoms with Gasteiger partial charge in [0.25, 0.3) is 11.8 Å². The number of aromatic nitrogens is 1. The number of halogens is 1. The largest absolute Gasteiger partial charge is 0.455 e. The van der Waals surface area contributed by atoms with Gasteiger partial charge in [0.05, 0.1) is 22.5 Å². The van der Waals surface area contributed by atoms with E-state index < -0.39 is 11.7 Å². The van der Waals surface area contributed by atoms with E-state index in [1.807, 2.05) is 24.3 Å². The van der Waals surface area contributed by atoms with E-state index >= 15 is 0 Å². The highest BCUT2D eigenvalue weighted by Gasteiger charge is 2.28. The summed E-state index contributed by atoms with van der Waals surface area (Å²) in [6.45, 7) is 1.79. The molecule has 0 saturated heterocycles. The van der Waals surface area contributed by atoms with Gasteiger partial charge in [-0.2, -0.15) is 5.10 Å². The van der Waals surface area contributed by atoms with Crippen molar-refractivity contribution >= 4 is 34.1 Å². The molecule has 0 fully saturated rings. The predicted molar refractivity (Wildman–Crippen MR) is 126 cm³/mol. The van der Waals surface area contributed by atoms with E-state index in [4.69, 9.17) is 4.42 Å². The van der Waals surface area contributed by atoms with Gasteiger partial charge in [0, 0.05) is 29.1 Å². The van der Waals surface area contributed by atoms with Crippen LogP contribution in [0, 0.1) is 12.7 Å². The summed E-state index contributed by atoms with van der Waals surface area (Å²) < 4.78 is 19.8. The van der Waals surface area contributed by atoms with Gasteiger partial charge in [-0.1, -0.05) is 30.3 Å². The number of rotatable bonds is 4. The van der Waals surface area contributed by atoms with Crippen molar-refractivity contribution in [2.45, 2.75) is 26.2 Å². The highest BCUT2D eigenvalue weighted by Crippen LogP contribution is 2.31. The summed E-state index contributed by atoms with van der Waals surface area (Å²) in [5, 5.41) is 8.06. The maximum absolute atomic E-state index is 13.9. The fraction of sp³-hybridized carbons (Fsp3) is 0.154. The Morgan fingerprint density at radius 1 is 1.03 bits per heavy atom. The summed E-state index contributed by atoms with van der Waals surface area (Å²) in [7, 11) is 0. The first-order chi connectivity index (χ1) is 16.5. The van der Waals surface area contributed by atoms with E-state index in [2.05, 4.69) is 20.8 Å². The summed E-state index contributed by atoms with van der Waals surface area (Å²) in [5.74, 6) is -0.817. The molecule has 0 aliphatic heterocycles. The number of hydrogen-bond acceptors (Lipinski definition) is 5. The number of nitrogens with one attached hydrogen (secondary N) is 2. The van der Waals surface area contributed by atoms with E-state index in [1.54, 1.807) is 25.3 Å². The molecule has 0 atom stereocenters. The number of carbonyl (C=O) groups excluding carboxylic acids is 2. The summed E-state index contributed by atoms with van der Waals surface area (Å²) >= 11 is 0. The minimum Gasteiger partial charge on any atom is -0.455 e. The van der Waals surface area contributed by atoms with Crippen molar-refractivity contribution in [2.24, 2.45) is 5.10 Å². The number of nitrogens with zero attached hydrogens (tertiary/aromatic N) is 2. The molecule has 5 rings (SSSR count). The van der Waals surface area contributed by atoms with Gasteiger partial charge in [-0.25, -0.2) is 9.82 Å². The summed E-state index contributed by atoms with van der Waals surface area (Å²) in [6, 6.07) is 15.0. The molecule has 1 aliphatic rings. The second-order valence-corrected chi connectivity index (χ2v) is 8.02. The zero-order valence-corrected chi connectivity index (χ0v) is 18.4. The fourth-order valence-electron chi connectivity index (χ4n) is 4.20. The lowest BCUT2D eigenvalue weighted by Crippen LogP contribution is -2.23. The van der Waals surface area contributed by atoms with Gasteiger partial charge in [-0.3, -0.25) is 14.6 Å². The Morgan fingerprint density at radius 2 is 1.85 bits per heavy atom. The first-order valence-electron chi connectivity index (χ1n) is 10.9. The molecular weight excluding hydrogens is 435 g/mol. The van der Waals surface area contributed by atoms with Crippen LogP contribution < -0.4 is 10.7 Å². The Balaban J connectivity index is 1.42. The number of carbonyl (C=O) groups is 2. The standard InChI is InChI=1S/C26H21FN4O3/c1-15-22-19(30-31-25(32)17-9-2-3-10-18(17)27)11-5-13-21(22)34-24(15)26(33)29-20-12-4-7-16-8-6-14-28-23(16)20/h2-4,6-10,12,14H,5,11,13H2,1H3,(H,29,33)(H,31,32)/b30-19+. The van der Waals surface area contributed by atoms with Crippen LogP contribution in [0.2, 0.25) is 0 Å². The van der Waals surface area contributed by atoms with E-state index in [1.165, 1.54) is 18.2 Å². The quantitative estimate of drug-likeness (QED) is 0.423. The molecule has 2 aromatic carbocycles. The third-order valence-corrected chi connectivity index (χ3v) is 5.82. The Labute approximate surface area is 194 Å². The number of anilines is 1. The molecule has 0 unspecified atom stereocenters. The molecule has 0 bridgehead atoms. The molecule has 2 heterocycles. The Bertz CT molecular complexity index is 1450. The lowest BCUT2D eigenvalue weighted by atomic mass is 9.93. The first kappa shape index (κ1) is 21.5. The third-order valence-electron chi connectivity index (χ3n) is 5.82. The highest BCUT2D eigenvalue weighted by molar-refractivity contribution is 6.11. The average Bonchev–Trinajstić information content (AvgIpc) is 3.20. The van der Waals surface area contributed by atoms with Crippen LogP contribution in [0.4, 0.5) is 10.1 Å². The monoisotopic (exact) mass is 456 g/mol. The average molecular weight is 456 g/mol. The Kier molecular flexibility index (Phi) is 5.63. The second-order valence-electron chi connectivity index (χ2n) is 8.02. The molecule has 0 spiro atoms. The van der Waals surface area contributed by atoms with Crippen molar-refractivity contribution in [1.82, 2.24) is 10.4 Å². The van der Waals surface area contributed by atoms with Gasteiger partial charge in [-0.15, -0.1) is 0 Å². The maximum atomic E-state index is 13.9. The lowest BCUT2D eigenvalue weighted by molar-refractivity contribution is 0.0949. The number of amides is 2. The van der Waals surface area contributed by atoms with Gasteiger partial charge in [0.15, 0.2) is 5.76 Å². The maximum Gasteiger partial charge on any atom is 0.291 e. The van der Waals surface area contributed by atoms with Crippen LogP contribution in [-0.4, -0.2) is 22.5 Å². The van der Waals surface area contributed by atoms with Gasteiger partial charge < -0.3 is 9.73 Å². The minimum absolute atomic E-state index is 0.0874. The molecule has 2 aromatic heterocycles. The minimum atomic E-state index is -0.639. The van der Waals surface area contributed by atoms with E-state index in [0.717, 1.165) is 11.8 Å². The summed E-state index contributed by atoms with van der Waals surface area (Å²) in [4.78, 5) is 29.9. The molecule has 1 aliphatic carbocycles. The molecule has 2 amide bonds. The van der Waals surface area contributed by atoms with Gasteiger partial charge in [0.2, 0.25) is 0 Å². The molecule has 170 valence electrons. The zero-order valence-electron chi connectivity index (χ0n) is 18.4. The van der Waals surface area contributed by atoms with E-state index in [-0.39, 0.29) is 17.2 Å². The normalized spacial score (nSPS) is 14.1. The van der Waals surface area contributed by atoms with Crippen molar-refractivity contribution in [1.29, 1.82) is 0 Å². The van der Waals surface area contributed by atoms with Crippen LogP contribution in [0.3, 0.4) is 0 Å². The summed E-state index contributed by atoms with van der Waals surface area (Å²) in [6.07, 6.45) is 3.68. The SMILES string of the molecule is Cc1c(C(=O)Nc2cccc3cccnc23)oc2c1/C(=N/NC(=O)c1ccccc1F)CCC2. The van der Waals surface area contributed by atoms with Crippen molar-refractivity contribution < 1.29 is 18.4 Å². The molecular formula is C26H21FN4O3. The molecule has 34 heavy (non-hydrogen) atoms. The molecule has 2 N–H and O–H groups in total. The molecule has 7 nitrogen and oxygen atoms in total. The van der Waals surface area contributed by atoms with Crippen LogP contribution in [0.5, 0.6) is 0 Å². The number of para-hydroxylation sites is 1. The number of hydrazone groups is 1. The number of pyridine rings is 1. The van der Waals surface area contributed by atoms with Crippen molar-refractivity contribution in [3.63, 3.8) is 0 Å². The predicted octanol–water partition coefficient (Wildman–Crippen LogP) is 5.00. The Hall–Kier alpha value is -4.33.